The van der Waals surface area contributed by atoms with Gasteiger partial charge in [-0.25, -0.2) is 0 Å². The van der Waals surface area contributed by atoms with Gasteiger partial charge in [-0.3, -0.25) is 0 Å². The molecule has 4 fully saturated rings. The minimum absolute atomic E-state index is 0.562. The number of ether oxygens (including phenoxy) is 1. The lowest BCUT2D eigenvalue weighted by atomic mass is 9.45. The monoisotopic (exact) mass is 358 g/mol. The largest absolute Gasteiger partial charge is 0.381 e. The van der Waals surface area contributed by atoms with Gasteiger partial charge in [-0.15, -0.1) is 0 Å². The van der Waals surface area contributed by atoms with E-state index in [4.69, 9.17) is 4.74 Å². The van der Waals surface area contributed by atoms with E-state index >= 15 is 0 Å². The molecule has 0 aromatic rings. The van der Waals surface area contributed by atoms with Gasteiger partial charge in [-0.2, -0.15) is 0 Å². The van der Waals surface area contributed by atoms with Crippen molar-refractivity contribution < 1.29 is 4.74 Å². The van der Waals surface area contributed by atoms with Crippen molar-refractivity contribution in [3.05, 3.63) is 12.2 Å². The lowest BCUT2D eigenvalue weighted by Crippen LogP contribution is -2.52. The molecule has 4 saturated carbocycles. The lowest BCUT2D eigenvalue weighted by molar-refractivity contribution is -0.107. The van der Waals surface area contributed by atoms with E-state index < -0.39 is 0 Å². The Hall–Kier alpha value is -0.300. The minimum Gasteiger partial charge on any atom is -0.381 e. The Kier molecular flexibility index (Phi) is 5.08. The van der Waals surface area contributed by atoms with Crippen molar-refractivity contribution in [3.8, 4) is 0 Å². The first-order chi connectivity index (χ1) is 12.4. The molecule has 0 amide bonds. The zero-order valence-corrected chi connectivity index (χ0v) is 17.9. The third-order valence-corrected chi connectivity index (χ3v) is 9.75. The maximum atomic E-state index is 5.80. The highest BCUT2D eigenvalue weighted by atomic mass is 16.5. The Balaban J connectivity index is 1.50. The minimum atomic E-state index is 0.562. The van der Waals surface area contributed by atoms with Crippen molar-refractivity contribution in [2.75, 3.05) is 13.2 Å². The molecule has 8 unspecified atom stereocenters. The van der Waals surface area contributed by atoms with Crippen LogP contribution < -0.4 is 0 Å². The van der Waals surface area contributed by atoms with Crippen molar-refractivity contribution >= 4 is 0 Å². The zero-order chi connectivity index (χ0) is 18.5. The molecule has 4 aliphatic rings. The van der Waals surface area contributed by atoms with Gasteiger partial charge in [0.2, 0.25) is 0 Å². The molecule has 0 aliphatic heterocycles. The van der Waals surface area contributed by atoms with Gasteiger partial charge < -0.3 is 4.74 Å². The number of rotatable bonds is 4. The molecule has 0 radical (unpaired) electrons. The van der Waals surface area contributed by atoms with E-state index in [-0.39, 0.29) is 0 Å². The van der Waals surface area contributed by atoms with Crippen LogP contribution in [-0.2, 0) is 4.74 Å². The van der Waals surface area contributed by atoms with Crippen LogP contribution in [0.2, 0.25) is 0 Å². The Morgan fingerprint density at radius 1 is 0.962 bits per heavy atom. The second-order valence-corrected chi connectivity index (χ2v) is 11.1. The molecule has 0 spiro atoms. The van der Waals surface area contributed by atoms with Crippen LogP contribution in [0.5, 0.6) is 0 Å². The summed E-state index contributed by atoms with van der Waals surface area (Å²) in [6.07, 6.45) is 13.2. The summed E-state index contributed by atoms with van der Waals surface area (Å²) in [7, 11) is 0. The van der Waals surface area contributed by atoms with Crippen molar-refractivity contribution in [3.63, 3.8) is 0 Å². The predicted octanol–water partition coefficient (Wildman–Crippen LogP) is 6.87. The molecule has 1 heteroatoms. The van der Waals surface area contributed by atoms with Gasteiger partial charge in [0.05, 0.1) is 0 Å². The summed E-state index contributed by atoms with van der Waals surface area (Å²) >= 11 is 0. The smallest absolute Gasteiger partial charge is 0.0494 e. The van der Waals surface area contributed by atoms with Gasteiger partial charge in [-0.1, -0.05) is 26.0 Å². The Morgan fingerprint density at radius 2 is 1.65 bits per heavy atom. The summed E-state index contributed by atoms with van der Waals surface area (Å²) in [5.74, 6) is 5.62. The fraction of sp³-hybridized carbons (Fsp3) is 0.920. The summed E-state index contributed by atoms with van der Waals surface area (Å²) in [5, 5.41) is 0. The maximum absolute atomic E-state index is 5.80. The Bertz CT molecular complexity index is 538. The van der Waals surface area contributed by atoms with Gasteiger partial charge in [0.15, 0.2) is 0 Å². The van der Waals surface area contributed by atoms with Crippen LogP contribution in [0.1, 0.15) is 85.5 Å². The highest BCUT2D eigenvalue weighted by Crippen LogP contribution is 2.67. The molecule has 0 bridgehead atoms. The van der Waals surface area contributed by atoms with Gasteiger partial charge in [0, 0.05) is 13.2 Å². The standard InChI is InChI=1S/C25H42O/c1-6-26-16-18-7-8-22-19-12-14-25(5)21(17(2)3)9-10-23(25)20(19)11-13-24(22,4)15-18/h18-23H,2,6-16H2,1,3-5H3. The topological polar surface area (TPSA) is 9.23 Å². The predicted molar refractivity (Wildman–Crippen MR) is 110 cm³/mol. The number of hydrogen-bond donors (Lipinski definition) is 0. The van der Waals surface area contributed by atoms with Crippen LogP contribution in [0.4, 0.5) is 0 Å². The van der Waals surface area contributed by atoms with Crippen LogP contribution >= 0.6 is 0 Å². The fourth-order valence-corrected chi connectivity index (χ4v) is 8.66. The molecule has 0 N–H and O–H groups in total. The first-order valence-corrected chi connectivity index (χ1v) is 11.6. The molecule has 0 saturated heterocycles. The Morgan fingerprint density at radius 3 is 2.38 bits per heavy atom. The molecule has 148 valence electrons. The van der Waals surface area contributed by atoms with Gasteiger partial charge in [0.1, 0.15) is 0 Å². The number of fused-ring (bicyclic) bond motifs is 5. The van der Waals surface area contributed by atoms with E-state index in [1.54, 1.807) is 0 Å². The van der Waals surface area contributed by atoms with Gasteiger partial charge >= 0.3 is 0 Å². The van der Waals surface area contributed by atoms with E-state index in [9.17, 15) is 0 Å². The van der Waals surface area contributed by atoms with Crippen LogP contribution in [0.25, 0.3) is 0 Å². The van der Waals surface area contributed by atoms with Crippen LogP contribution in [-0.4, -0.2) is 13.2 Å². The summed E-state index contributed by atoms with van der Waals surface area (Å²) in [4.78, 5) is 0. The van der Waals surface area contributed by atoms with Crippen molar-refractivity contribution in [2.24, 2.45) is 46.3 Å². The molecular weight excluding hydrogens is 316 g/mol. The molecule has 0 heterocycles. The van der Waals surface area contributed by atoms with E-state index in [2.05, 4.69) is 34.3 Å². The highest BCUT2D eigenvalue weighted by Gasteiger charge is 2.59. The molecule has 1 nitrogen and oxygen atoms in total. The first-order valence-electron chi connectivity index (χ1n) is 11.6. The van der Waals surface area contributed by atoms with Crippen molar-refractivity contribution in [1.29, 1.82) is 0 Å². The number of allylic oxidation sites excluding steroid dienone is 1. The second kappa shape index (κ2) is 6.94. The van der Waals surface area contributed by atoms with E-state index in [0.717, 1.165) is 48.7 Å². The van der Waals surface area contributed by atoms with Crippen LogP contribution in [0, 0.1) is 46.3 Å². The summed E-state index contributed by atoms with van der Waals surface area (Å²) in [6, 6.07) is 0. The van der Waals surface area contributed by atoms with E-state index in [1.165, 1.54) is 63.4 Å². The summed E-state index contributed by atoms with van der Waals surface area (Å²) in [5.41, 5.74) is 2.62. The van der Waals surface area contributed by atoms with E-state index in [0.29, 0.717) is 10.8 Å². The van der Waals surface area contributed by atoms with E-state index in [1.807, 2.05) is 0 Å². The van der Waals surface area contributed by atoms with Crippen molar-refractivity contribution in [2.45, 2.75) is 85.5 Å². The van der Waals surface area contributed by atoms with Crippen molar-refractivity contribution in [1.82, 2.24) is 0 Å². The lowest BCUT2D eigenvalue weighted by Gasteiger charge is -2.60. The number of hydrogen-bond acceptors (Lipinski definition) is 1. The first kappa shape index (κ1) is 19.0. The molecular formula is C25H42O. The van der Waals surface area contributed by atoms with Crippen LogP contribution in [0.3, 0.4) is 0 Å². The third kappa shape index (κ3) is 2.92. The second-order valence-electron chi connectivity index (χ2n) is 11.1. The highest BCUT2D eigenvalue weighted by molar-refractivity contribution is 5.14. The average molecular weight is 359 g/mol. The normalized spacial score (nSPS) is 50.6. The van der Waals surface area contributed by atoms with Crippen LogP contribution in [0.15, 0.2) is 12.2 Å². The molecule has 4 rings (SSSR count). The van der Waals surface area contributed by atoms with Gasteiger partial charge in [0.25, 0.3) is 0 Å². The molecule has 4 aliphatic carbocycles. The molecule has 0 aromatic heterocycles. The maximum Gasteiger partial charge on any atom is 0.0494 e. The Labute approximate surface area is 162 Å². The molecule has 0 aromatic carbocycles. The summed E-state index contributed by atoms with van der Waals surface area (Å²) in [6.45, 7) is 16.0. The summed E-state index contributed by atoms with van der Waals surface area (Å²) < 4.78 is 5.80. The third-order valence-electron chi connectivity index (χ3n) is 9.75. The molecule has 8 atom stereocenters. The fourth-order valence-electron chi connectivity index (χ4n) is 8.66. The SMILES string of the molecule is C=C(C)C1CCC2C3CCC4(C)CC(COCC)CCC4C3CCC12C. The quantitative estimate of drug-likeness (QED) is 0.498. The van der Waals surface area contributed by atoms with Gasteiger partial charge in [-0.05, 0) is 118 Å². The average Bonchev–Trinajstić information content (AvgIpc) is 2.96. The zero-order valence-electron chi connectivity index (χ0n) is 17.9. The molecule has 26 heavy (non-hydrogen) atoms.